The Morgan fingerprint density at radius 1 is 1.39 bits per heavy atom. The van der Waals surface area contributed by atoms with Crippen molar-refractivity contribution in [1.82, 2.24) is 20.1 Å². The van der Waals surface area contributed by atoms with E-state index in [2.05, 4.69) is 15.4 Å². The molecule has 2 aromatic rings. The van der Waals surface area contributed by atoms with Crippen LogP contribution in [0.5, 0.6) is 0 Å². The Balaban J connectivity index is 2.29. The van der Waals surface area contributed by atoms with Gasteiger partial charge >= 0.3 is 5.97 Å². The second-order valence-electron chi connectivity index (χ2n) is 5.99. The molecule has 2 aromatic heterocycles. The standard InChI is InChI=1S/C16H22N4O3/c1-5-20-14-11(8-17-20)7-12(10(4)18-14)15(21)19-13(16(22)23)6-9(2)3/h7-9,13H,5-6H2,1-4H3,(H,19,21)(H,22,23)/t13-/m1/s1. The molecule has 0 saturated carbocycles. The highest BCUT2D eigenvalue weighted by molar-refractivity contribution is 5.99. The van der Waals surface area contributed by atoms with Crippen LogP contribution in [-0.4, -0.2) is 37.8 Å². The number of carboxylic acids is 1. The first-order valence-electron chi connectivity index (χ1n) is 7.70. The average molecular weight is 318 g/mol. The first-order chi connectivity index (χ1) is 10.8. The largest absolute Gasteiger partial charge is 0.480 e. The van der Waals surface area contributed by atoms with E-state index in [1.807, 2.05) is 20.8 Å². The number of amides is 1. The maximum Gasteiger partial charge on any atom is 0.326 e. The van der Waals surface area contributed by atoms with Crippen LogP contribution < -0.4 is 5.32 Å². The number of hydrogen-bond donors (Lipinski definition) is 2. The van der Waals surface area contributed by atoms with Gasteiger partial charge in [-0.2, -0.15) is 5.10 Å². The highest BCUT2D eigenvalue weighted by Gasteiger charge is 2.23. The minimum absolute atomic E-state index is 0.167. The molecule has 0 aliphatic rings. The van der Waals surface area contributed by atoms with E-state index in [0.29, 0.717) is 24.2 Å². The van der Waals surface area contributed by atoms with Crippen molar-refractivity contribution in [3.8, 4) is 0 Å². The summed E-state index contributed by atoms with van der Waals surface area (Å²) in [5.41, 5.74) is 1.65. The maximum absolute atomic E-state index is 12.4. The van der Waals surface area contributed by atoms with Crippen LogP contribution in [0.15, 0.2) is 12.3 Å². The van der Waals surface area contributed by atoms with Crippen LogP contribution in [0.4, 0.5) is 0 Å². The van der Waals surface area contributed by atoms with E-state index in [1.54, 1.807) is 23.9 Å². The molecule has 2 heterocycles. The van der Waals surface area contributed by atoms with Crippen LogP contribution in [0.1, 0.15) is 43.2 Å². The van der Waals surface area contributed by atoms with E-state index in [4.69, 9.17) is 0 Å². The number of hydrogen-bond acceptors (Lipinski definition) is 4. The summed E-state index contributed by atoms with van der Waals surface area (Å²) in [7, 11) is 0. The van der Waals surface area contributed by atoms with E-state index >= 15 is 0 Å². The Kier molecular flexibility index (Phi) is 4.98. The molecule has 0 aliphatic carbocycles. The van der Waals surface area contributed by atoms with E-state index < -0.39 is 17.9 Å². The van der Waals surface area contributed by atoms with Crippen molar-refractivity contribution >= 4 is 22.9 Å². The molecule has 0 bridgehead atoms. The Labute approximate surface area is 134 Å². The van der Waals surface area contributed by atoms with Crippen LogP contribution in [0.25, 0.3) is 11.0 Å². The lowest BCUT2D eigenvalue weighted by atomic mass is 10.0. The average Bonchev–Trinajstić information content (AvgIpc) is 2.86. The highest BCUT2D eigenvalue weighted by atomic mass is 16.4. The topological polar surface area (TPSA) is 97.1 Å². The predicted molar refractivity (Wildman–Crippen MR) is 86.3 cm³/mol. The van der Waals surface area contributed by atoms with Gasteiger partial charge in [0, 0.05) is 11.9 Å². The summed E-state index contributed by atoms with van der Waals surface area (Å²) >= 11 is 0. The quantitative estimate of drug-likeness (QED) is 0.849. The number of aromatic nitrogens is 3. The van der Waals surface area contributed by atoms with Gasteiger partial charge < -0.3 is 10.4 Å². The van der Waals surface area contributed by atoms with Gasteiger partial charge in [-0.15, -0.1) is 0 Å². The third-order valence-electron chi connectivity index (χ3n) is 3.66. The Hall–Kier alpha value is -2.44. The molecule has 2 N–H and O–H groups in total. The first-order valence-corrected chi connectivity index (χ1v) is 7.70. The second kappa shape index (κ2) is 6.76. The number of aliphatic carboxylic acids is 1. The van der Waals surface area contributed by atoms with Gasteiger partial charge in [-0.3, -0.25) is 4.79 Å². The smallest absolute Gasteiger partial charge is 0.326 e. The zero-order valence-corrected chi connectivity index (χ0v) is 13.8. The molecule has 1 atom stereocenters. The normalized spacial score (nSPS) is 12.6. The molecule has 7 nitrogen and oxygen atoms in total. The van der Waals surface area contributed by atoms with Gasteiger partial charge in [-0.05, 0) is 32.3 Å². The van der Waals surface area contributed by atoms with Crippen LogP contribution in [0.3, 0.4) is 0 Å². The molecule has 0 radical (unpaired) electrons. The molecule has 124 valence electrons. The van der Waals surface area contributed by atoms with Crippen molar-refractivity contribution in [3.05, 3.63) is 23.5 Å². The van der Waals surface area contributed by atoms with Crippen molar-refractivity contribution < 1.29 is 14.7 Å². The molecule has 23 heavy (non-hydrogen) atoms. The van der Waals surface area contributed by atoms with E-state index in [1.165, 1.54) is 0 Å². The molecular weight excluding hydrogens is 296 g/mol. The minimum atomic E-state index is -1.03. The lowest BCUT2D eigenvalue weighted by Gasteiger charge is -2.17. The molecule has 0 fully saturated rings. The van der Waals surface area contributed by atoms with Gasteiger partial charge in [0.05, 0.1) is 17.5 Å². The molecule has 0 spiro atoms. The van der Waals surface area contributed by atoms with Crippen LogP contribution in [0, 0.1) is 12.8 Å². The van der Waals surface area contributed by atoms with Crippen molar-refractivity contribution in [2.45, 2.75) is 46.7 Å². The summed E-state index contributed by atoms with van der Waals surface area (Å²) in [5.74, 6) is -1.28. The molecule has 0 unspecified atom stereocenters. The molecule has 0 aliphatic heterocycles. The lowest BCUT2D eigenvalue weighted by Crippen LogP contribution is -2.41. The molecule has 7 heteroatoms. The zero-order chi connectivity index (χ0) is 17.1. The summed E-state index contributed by atoms with van der Waals surface area (Å²) in [6.45, 7) is 8.23. The number of nitrogens with one attached hydrogen (secondary N) is 1. The number of carbonyl (C=O) groups excluding carboxylic acids is 1. The van der Waals surface area contributed by atoms with Gasteiger partial charge in [0.25, 0.3) is 5.91 Å². The summed E-state index contributed by atoms with van der Waals surface area (Å²) in [6, 6.07) is 0.802. The fourth-order valence-electron chi connectivity index (χ4n) is 2.49. The van der Waals surface area contributed by atoms with Crippen molar-refractivity contribution in [2.75, 3.05) is 0 Å². The Morgan fingerprint density at radius 2 is 2.09 bits per heavy atom. The van der Waals surface area contributed by atoms with Crippen molar-refractivity contribution in [2.24, 2.45) is 5.92 Å². The minimum Gasteiger partial charge on any atom is -0.480 e. The number of rotatable bonds is 6. The molecule has 0 aromatic carbocycles. The lowest BCUT2D eigenvalue weighted by molar-refractivity contribution is -0.139. The fraction of sp³-hybridized carbons (Fsp3) is 0.500. The van der Waals surface area contributed by atoms with Gasteiger partial charge in [0.15, 0.2) is 5.65 Å². The van der Waals surface area contributed by atoms with E-state index in [-0.39, 0.29) is 5.92 Å². The predicted octanol–water partition coefficient (Wildman–Crippen LogP) is 1.99. The highest BCUT2D eigenvalue weighted by Crippen LogP contribution is 2.17. The summed E-state index contributed by atoms with van der Waals surface area (Å²) in [4.78, 5) is 28.2. The SMILES string of the molecule is CCn1ncc2cc(C(=O)N[C@H](CC(C)C)C(=O)O)c(C)nc21. The second-order valence-corrected chi connectivity index (χ2v) is 5.99. The maximum atomic E-state index is 12.4. The zero-order valence-electron chi connectivity index (χ0n) is 13.8. The first kappa shape index (κ1) is 16.9. The third-order valence-corrected chi connectivity index (χ3v) is 3.66. The third kappa shape index (κ3) is 3.67. The number of carboxylic acid groups (broad SMARTS) is 1. The number of nitrogens with zero attached hydrogens (tertiary/aromatic N) is 3. The summed E-state index contributed by atoms with van der Waals surface area (Å²) < 4.78 is 1.75. The molecule has 1 amide bonds. The summed E-state index contributed by atoms with van der Waals surface area (Å²) in [6.07, 6.45) is 2.04. The van der Waals surface area contributed by atoms with Gasteiger partial charge in [0.1, 0.15) is 6.04 Å². The van der Waals surface area contributed by atoms with E-state index in [9.17, 15) is 14.7 Å². The molecule has 2 rings (SSSR count). The Bertz CT molecular complexity index is 736. The van der Waals surface area contributed by atoms with Crippen LogP contribution in [0.2, 0.25) is 0 Å². The van der Waals surface area contributed by atoms with Crippen LogP contribution >= 0.6 is 0 Å². The molecular formula is C16H22N4O3. The fourth-order valence-corrected chi connectivity index (χ4v) is 2.49. The number of fused-ring (bicyclic) bond motifs is 1. The van der Waals surface area contributed by atoms with Gasteiger partial charge in [-0.1, -0.05) is 13.8 Å². The summed E-state index contributed by atoms with van der Waals surface area (Å²) in [5, 5.41) is 16.8. The number of aryl methyl sites for hydroxylation is 2. The van der Waals surface area contributed by atoms with Crippen LogP contribution in [-0.2, 0) is 11.3 Å². The van der Waals surface area contributed by atoms with Gasteiger partial charge in [0.2, 0.25) is 0 Å². The number of pyridine rings is 1. The van der Waals surface area contributed by atoms with Crippen molar-refractivity contribution in [3.63, 3.8) is 0 Å². The van der Waals surface area contributed by atoms with Crippen molar-refractivity contribution in [1.29, 1.82) is 0 Å². The van der Waals surface area contributed by atoms with Gasteiger partial charge in [-0.25, -0.2) is 14.5 Å². The van der Waals surface area contributed by atoms with E-state index in [0.717, 1.165) is 11.0 Å². The number of carbonyl (C=O) groups is 2. The monoisotopic (exact) mass is 318 g/mol. The molecule has 0 saturated heterocycles. The Morgan fingerprint density at radius 3 is 2.65 bits per heavy atom.